The number of aromatic nitrogens is 1. The summed E-state index contributed by atoms with van der Waals surface area (Å²) in [7, 11) is 0. The van der Waals surface area contributed by atoms with Gasteiger partial charge in [-0.25, -0.2) is 4.98 Å². The van der Waals surface area contributed by atoms with Crippen LogP contribution >= 0.6 is 12.4 Å². The third kappa shape index (κ3) is 3.44. The summed E-state index contributed by atoms with van der Waals surface area (Å²) in [6.45, 7) is 0.663. The number of rotatable bonds is 4. The average Bonchev–Trinajstić information content (AvgIpc) is 3.22. The molecule has 0 saturated heterocycles. The summed E-state index contributed by atoms with van der Waals surface area (Å²) in [4.78, 5) is 3.97. The van der Waals surface area contributed by atoms with Crippen molar-refractivity contribution in [1.29, 1.82) is 0 Å². The first-order chi connectivity index (χ1) is 8.83. The molecule has 0 atom stereocenters. The highest BCUT2D eigenvalue weighted by Crippen LogP contribution is 2.41. The second-order valence-electron chi connectivity index (χ2n) is 4.69. The van der Waals surface area contributed by atoms with E-state index in [1.54, 1.807) is 0 Å². The van der Waals surface area contributed by atoms with E-state index in [1.807, 2.05) is 42.5 Å². The summed E-state index contributed by atoms with van der Waals surface area (Å²) in [6.07, 6.45) is 2.19. The fraction of sp³-hybridized carbons (Fsp3) is 0.267. The molecule has 100 valence electrons. The van der Waals surface area contributed by atoms with E-state index < -0.39 is 0 Å². The Morgan fingerprint density at radius 1 is 1.11 bits per heavy atom. The van der Waals surface area contributed by atoms with Gasteiger partial charge in [0, 0.05) is 12.1 Å². The molecular formula is C15H16ClFN2. The van der Waals surface area contributed by atoms with Crippen LogP contribution < -0.4 is 5.32 Å². The predicted octanol–water partition coefficient (Wildman–Crippen LogP) is 4.13. The Morgan fingerprint density at radius 3 is 2.47 bits per heavy atom. The second kappa shape index (κ2) is 6.02. The van der Waals surface area contributed by atoms with Crippen LogP contribution in [-0.2, 0) is 6.54 Å². The predicted molar refractivity (Wildman–Crippen MR) is 77.2 cm³/mol. The smallest absolute Gasteiger partial charge is 0.218 e. The maximum atomic E-state index is 13.7. The quantitative estimate of drug-likeness (QED) is 0.851. The zero-order valence-electron chi connectivity index (χ0n) is 10.5. The number of hydrogen-bond donors (Lipinski definition) is 1. The molecule has 1 aromatic heterocycles. The summed E-state index contributed by atoms with van der Waals surface area (Å²) < 4.78 is 13.7. The van der Waals surface area contributed by atoms with E-state index in [1.165, 1.54) is 0 Å². The first-order valence-electron chi connectivity index (χ1n) is 6.27. The first kappa shape index (κ1) is 13.8. The number of hydrogen-bond acceptors (Lipinski definition) is 2. The number of pyridine rings is 1. The highest BCUT2D eigenvalue weighted by Gasteiger charge is 2.27. The molecule has 1 aromatic carbocycles. The van der Waals surface area contributed by atoms with Crippen molar-refractivity contribution in [2.45, 2.75) is 25.3 Å². The Hall–Kier alpha value is -1.61. The molecule has 1 fully saturated rings. The van der Waals surface area contributed by atoms with E-state index in [0.717, 1.165) is 24.0 Å². The molecule has 4 heteroatoms. The number of nitrogens with zero attached hydrogens (tertiary/aromatic N) is 1. The molecule has 19 heavy (non-hydrogen) atoms. The van der Waals surface area contributed by atoms with Crippen LogP contribution in [0.4, 0.5) is 10.2 Å². The van der Waals surface area contributed by atoms with Crippen LogP contribution in [0.15, 0.2) is 42.5 Å². The lowest BCUT2D eigenvalue weighted by Crippen LogP contribution is -2.03. The number of halogens is 2. The molecule has 0 radical (unpaired) electrons. The molecule has 1 aliphatic rings. The molecule has 0 unspecified atom stereocenters. The van der Waals surface area contributed by atoms with E-state index in [0.29, 0.717) is 18.3 Å². The van der Waals surface area contributed by atoms with Gasteiger partial charge in [0.15, 0.2) is 0 Å². The fourth-order valence-corrected chi connectivity index (χ4v) is 2.03. The molecule has 0 bridgehead atoms. The van der Waals surface area contributed by atoms with Crippen LogP contribution in [0.5, 0.6) is 0 Å². The maximum Gasteiger partial charge on any atom is 0.218 e. The van der Waals surface area contributed by atoms with Gasteiger partial charge in [0.1, 0.15) is 5.82 Å². The number of anilines is 1. The summed E-state index contributed by atoms with van der Waals surface area (Å²) in [5.41, 5.74) is 1.92. The van der Waals surface area contributed by atoms with Crippen LogP contribution in [0, 0.1) is 5.95 Å². The van der Waals surface area contributed by atoms with Gasteiger partial charge in [-0.15, -0.1) is 12.4 Å². The lowest BCUT2D eigenvalue weighted by Gasteiger charge is -2.07. The fourth-order valence-electron chi connectivity index (χ4n) is 2.03. The minimum atomic E-state index is -0.324. The highest BCUT2D eigenvalue weighted by atomic mass is 35.5. The molecule has 1 saturated carbocycles. The van der Waals surface area contributed by atoms with Crippen LogP contribution in [0.25, 0.3) is 0 Å². The van der Waals surface area contributed by atoms with E-state index in [-0.39, 0.29) is 18.4 Å². The summed E-state index contributed by atoms with van der Waals surface area (Å²) in [5, 5.41) is 3.14. The van der Waals surface area contributed by atoms with E-state index in [2.05, 4.69) is 10.3 Å². The zero-order chi connectivity index (χ0) is 12.4. The Morgan fingerprint density at radius 2 is 1.84 bits per heavy atom. The van der Waals surface area contributed by atoms with Crippen molar-refractivity contribution in [3.8, 4) is 0 Å². The van der Waals surface area contributed by atoms with Gasteiger partial charge in [-0.3, -0.25) is 0 Å². The van der Waals surface area contributed by atoms with Crippen molar-refractivity contribution in [3.05, 3.63) is 59.5 Å². The van der Waals surface area contributed by atoms with Gasteiger partial charge in [0.2, 0.25) is 5.95 Å². The third-order valence-corrected chi connectivity index (χ3v) is 3.21. The van der Waals surface area contributed by atoms with Gasteiger partial charge in [-0.2, -0.15) is 4.39 Å². The van der Waals surface area contributed by atoms with Crippen molar-refractivity contribution in [3.63, 3.8) is 0 Å². The normalized spacial score (nSPS) is 13.7. The zero-order valence-corrected chi connectivity index (χ0v) is 11.3. The van der Waals surface area contributed by atoms with Gasteiger partial charge < -0.3 is 5.32 Å². The third-order valence-electron chi connectivity index (χ3n) is 3.21. The van der Waals surface area contributed by atoms with Gasteiger partial charge in [0.25, 0.3) is 0 Å². The molecule has 0 amide bonds. The minimum absolute atomic E-state index is 0. The molecule has 1 heterocycles. The largest absolute Gasteiger partial charge is 0.366 e. The molecule has 0 aliphatic heterocycles. The lowest BCUT2D eigenvalue weighted by atomic mass is 10.2. The van der Waals surface area contributed by atoms with Gasteiger partial charge in [0.05, 0.1) is 0 Å². The summed E-state index contributed by atoms with van der Waals surface area (Å²) >= 11 is 0. The van der Waals surface area contributed by atoms with E-state index in [9.17, 15) is 4.39 Å². The Kier molecular flexibility index (Phi) is 4.38. The van der Waals surface area contributed by atoms with Crippen molar-refractivity contribution < 1.29 is 4.39 Å². The van der Waals surface area contributed by atoms with E-state index >= 15 is 0 Å². The summed E-state index contributed by atoms with van der Waals surface area (Å²) in [5.74, 6) is 0.678. The average molecular weight is 279 g/mol. The second-order valence-corrected chi connectivity index (χ2v) is 4.69. The molecule has 2 nitrogen and oxygen atoms in total. The Balaban J connectivity index is 0.00000133. The number of benzene rings is 1. The lowest BCUT2D eigenvalue weighted by molar-refractivity contribution is 0.568. The summed E-state index contributed by atoms with van der Waals surface area (Å²) in [6, 6.07) is 13.7. The number of nitrogens with one attached hydrogen (secondary N) is 1. The van der Waals surface area contributed by atoms with Crippen LogP contribution in [0.2, 0.25) is 0 Å². The Bertz CT molecular complexity index is 541. The molecule has 1 N–H and O–H groups in total. The minimum Gasteiger partial charge on any atom is -0.366 e. The maximum absolute atomic E-state index is 13.7. The van der Waals surface area contributed by atoms with Gasteiger partial charge >= 0.3 is 0 Å². The molecule has 3 rings (SSSR count). The molecule has 0 spiro atoms. The molecular weight excluding hydrogens is 263 g/mol. The van der Waals surface area contributed by atoms with Crippen molar-refractivity contribution in [2.75, 3.05) is 5.32 Å². The van der Waals surface area contributed by atoms with Gasteiger partial charge in [-0.05, 0) is 30.4 Å². The topological polar surface area (TPSA) is 24.9 Å². The molecule has 1 aliphatic carbocycles. The van der Waals surface area contributed by atoms with Crippen LogP contribution in [0.3, 0.4) is 0 Å². The van der Waals surface area contributed by atoms with Crippen LogP contribution in [-0.4, -0.2) is 4.98 Å². The highest BCUT2D eigenvalue weighted by molar-refractivity contribution is 5.85. The van der Waals surface area contributed by atoms with Crippen molar-refractivity contribution in [1.82, 2.24) is 4.98 Å². The van der Waals surface area contributed by atoms with Gasteiger partial charge in [-0.1, -0.05) is 36.4 Å². The van der Waals surface area contributed by atoms with Crippen LogP contribution in [0.1, 0.15) is 29.9 Å². The standard InChI is InChI=1S/C15H15FN2.ClH/c16-15-13(12-6-7-12)8-9-14(18-15)17-10-11-4-2-1-3-5-11;/h1-5,8-9,12H,6-7,10H2,(H,17,18);1H. The molecule has 2 aromatic rings. The SMILES string of the molecule is Cl.Fc1nc(NCc2ccccc2)ccc1C1CC1. The monoisotopic (exact) mass is 278 g/mol. The van der Waals surface area contributed by atoms with Crippen molar-refractivity contribution >= 4 is 18.2 Å². The Labute approximate surface area is 118 Å². The van der Waals surface area contributed by atoms with E-state index in [4.69, 9.17) is 0 Å². The van der Waals surface area contributed by atoms with Crippen molar-refractivity contribution in [2.24, 2.45) is 0 Å². The first-order valence-corrected chi connectivity index (χ1v) is 6.27.